The first kappa shape index (κ1) is 13.7. The van der Waals surface area contributed by atoms with Gasteiger partial charge in [0.05, 0.1) is 11.5 Å². The first-order chi connectivity index (χ1) is 8.10. The molecule has 0 aliphatic rings. The molecule has 0 aromatic carbocycles. The lowest BCUT2D eigenvalue weighted by Gasteiger charge is -2.13. The van der Waals surface area contributed by atoms with Gasteiger partial charge in [-0.15, -0.1) is 11.3 Å². The highest BCUT2D eigenvalue weighted by Gasteiger charge is 2.22. The minimum absolute atomic E-state index is 0.0477. The van der Waals surface area contributed by atoms with Crippen LogP contribution in [0.3, 0.4) is 0 Å². The van der Waals surface area contributed by atoms with Crippen LogP contribution in [0.1, 0.15) is 22.2 Å². The summed E-state index contributed by atoms with van der Waals surface area (Å²) >= 11 is 1.31. The maximum absolute atomic E-state index is 11.9. The van der Waals surface area contributed by atoms with Crippen LogP contribution in [0.4, 0.5) is 0 Å². The molecule has 0 saturated heterocycles. The molecule has 0 aliphatic carbocycles. The second-order valence-electron chi connectivity index (χ2n) is 3.45. The Labute approximate surface area is 103 Å². The smallest absolute Gasteiger partial charge is 0.328 e. The average molecular weight is 257 g/mol. The van der Waals surface area contributed by atoms with Crippen LogP contribution in [0.25, 0.3) is 0 Å². The number of carbonyl (C=O) groups excluding carboxylic acids is 1. The van der Waals surface area contributed by atoms with Gasteiger partial charge in [-0.3, -0.25) is 4.79 Å². The number of rotatable bonds is 6. The molecule has 1 atom stereocenters. The number of amides is 1. The standard InChI is InChI=1S/C11H15NO4S/c1-3-7-4-5-17-9(7)10(13)12-8(6-16-2)11(14)15/h4-5,8H,3,6H2,1-2H3,(H,12,13)(H,14,15). The van der Waals surface area contributed by atoms with Crippen molar-refractivity contribution < 1.29 is 19.4 Å². The van der Waals surface area contributed by atoms with Crippen LogP contribution in [0.2, 0.25) is 0 Å². The van der Waals surface area contributed by atoms with Gasteiger partial charge in [-0.2, -0.15) is 0 Å². The summed E-state index contributed by atoms with van der Waals surface area (Å²) in [5, 5.41) is 13.1. The first-order valence-electron chi connectivity index (χ1n) is 5.19. The Bertz CT molecular complexity index is 402. The summed E-state index contributed by atoms with van der Waals surface area (Å²) in [6, 6.07) is 0.852. The van der Waals surface area contributed by atoms with Gasteiger partial charge in [0.25, 0.3) is 5.91 Å². The van der Waals surface area contributed by atoms with Gasteiger partial charge in [-0.25, -0.2) is 4.79 Å². The van der Waals surface area contributed by atoms with Gasteiger partial charge >= 0.3 is 5.97 Å². The predicted octanol–water partition coefficient (Wildman–Crippen LogP) is 1.14. The van der Waals surface area contributed by atoms with Crippen molar-refractivity contribution in [2.24, 2.45) is 0 Å². The van der Waals surface area contributed by atoms with Crippen LogP contribution < -0.4 is 5.32 Å². The van der Waals surface area contributed by atoms with Gasteiger partial charge < -0.3 is 15.2 Å². The van der Waals surface area contributed by atoms with E-state index in [1.807, 2.05) is 18.4 Å². The first-order valence-corrected chi connectivity index (χ1v) is 6.07. The van der Waals surface area contributed by atoms with E-state index in [4.69, 9.17) is 9.84 Å². The number of nitrogens with one attached hydrogen (secondary N) is 1. The summed E-state index contributed by atoms with van der Waals surface area (Å²) in [4.78, 5) is 23.3. The van der Waals surface area contributed by atoms with E-state index in [0.29, 0.717) is 4.88 Å². The van der Waals surface area contributed by atoms with Gasteiger partial charge in [0.15, 0.2) is 6.04 Å². The molecule has 1 amide bonds. The number of carboxylic acid groups (broad SMARTS) is 1. The number of thiophene rings is 1. The third-order valence-electron chi connectivity index (χ3n) is 2.27. The normalized spacial score (nSPS) is 12.1. The van der Waals surface area contributed by atoms with Gasteiger partial charge in [0, 0.05) is 7.11 Å². The van der Waals surface area contributed by atoms with Gasteiger partial charge in [0.2, 0.25) is 0 Å². The fraction of sp³-hybridized carbons (Fsp3) is 0.455. The number of methoxy groups -OCH3 is 1. The summed E-state index contributed by atoms with van der Waals surface area (Å²) in [5.41, 5.74) is 0.925. The highest BCUT2D eigenvalue weighted by molar-refractivity contribution is 7.12. The zero-order valence-corrected chi connectivity index (χ0v) is 10.5. The molecule has 6 heteroatoms. The summed E-state index contributed by atoms with van der Waals surface area (Å²) in [6.07, 6.45) is 0.744. The monoisotopic (exact) mass is 257 g/mol. The van der Waals surface area contributed by atoms with Crippen molar-refractivity contribution in [3.05, 3.63) is 21.9 Å². The molecule has 1 heterocycles. The summed E-state index contributed by atoms with van der Waals surface area (Å²) in [6.45, 7) is 1.90. The van der Waals surface area contributed by atoms with E-state index in [1.165, 1.54) is 18.4 Å². The summed E-state index contributed by atoms with van der Waals surface area (Å²) < 4.78 is 4.75. The fourth-order valence-corrected chi connectivity index (χ4v) is 2.28. The van der Waals surface area contributed by atoms with Crippen LogP contribution in [0, 0.1) is 0 Å². The Morgan fingerprint density at radius 1 is 1.59 bits per heavy atom. The maximum Gasteiger partial charge on any atom is 0.328 e. The molecule has 1 unspecified atom stereocenters. The molecule has 0 saturated carbocycles. The molecule has 0 fully saturated rings. The van der Waals surface area contributed by atoms with Crippen LogP contribution in [-0.2, 0) is 16.0 Å². The van der Waals surface area contributed by atoms with Crippen LogP contribution in [-0.4, -0.2) is 36.7 Å². The van der Waals surface area contributed by atoms with Crippen LogP contribution in [0.5, 0.6) is 0 Å². The number of carboxylic acids is 1. The minimum atomic E-state index is -1.10. The zero-order chi connectivity index (χ0) is 12.8. The average Bonchev–Trinajstić information content (AvgIpc) is 2.76. The van der Waals surface area contributed by atoms with E-state index in [-0.39, 0.29) is 12.5 Å². The SMILES string of the molecule is CCc1ccsc1C(=O)NC(COC)C(=O)O. The topological polar surface area (TPSA) is 75.6 Å². The maximum atomic E-state index is 11.9. The van der Waals surface area contributed by atoms with E-state index in [1.54, 1.807) is 0 Å². The molecule has 94 valence electrons. The van der Waals surface area contributed by atoms with E-state index < -0.39 is 12.0 Å². The molecule has 1 rings (SSSR count). The molecule has 0 bridgehead atoms. The number of ether oxygens (including phenoxy) is 1. The largest absolute Gasteiger partial charge is 0.480 e. The fourth-order valence-electron chi connectivity index (χ4n) is 1.38. The lowest BCUT2D eigenvalue weighted by atomic mass is 10.2. The van der Waals surface area contributed by atoms with Crippen molar-refractivity contribution in [3.8, 4) is 0 Å². The molecular weight excluding hydrogens is 242 g/mol. The molecule has 17 heavy (non-hydrogen) atoms. The van der Waals surface area contributed by atoms with E-state index >= 15 is 0 Å². The van der Waals surface area contributed by atoms with E-state index in [2.05, 4.69) is 5.32 Å². The van der Waals surface area contributed by atoms with Crippen molar-refractivity contribution in [1.82, 2.24) is 5.32 Å². The molecule has 0 spiro atoms. The molecule has 2 N–H and O–H groups in total. The molecule has 0 aliphatic heterocycles. The lowest BCUT2D eigenvalue weighted by molar-refractivity contribution is -0.140. The Morgan fingerprint density at radius 3 is 2.82 bits per heavy atom. The van der Waals surface area contributed by atoms with Crippen molar-refractivity contribution in [3.63, 3.8) is 0 Å². The number of hydrogen-bond acceptors (Lipinski definition) is 4. The molecule has 0 radical (unpaired) electrons. The number of carbonyl (C=O) groups is 2. The van der Waals surface area contributed by atoms with E-state index in [0.717, 1.165) is 12.0 Å². The third kappa shape index (κ3) is 3.54. The molecular formula is C11H15NO4S. The van der Waals surface area contributed by atoms with Gasteiger partial charge in [-0.1, -0.05) is 6.92 Å². The van der Waals surface area contributed by atoms with Crippen molar-refractivity contribution in [1.29, 1.82) is 0 Å². The second-order valence-corrected chi connectivity index (χ2v) is 4.36. The van der Waals surface area contributed by atoms with E-state index in [9.17, 15) is 9.59 Å². The predicted molar refractivity (Wildman–Crippen MR) is 64.5 cm³/mol. The lowest BCUT2D eigenvalue weighted by Crippen LogP contribution is -2.43. The molecule has 5 nitrogen and oxygen atoms in total. The van der Waals surface area contributed by atoms with Crippen LogP contribution >= 0.6 is 11.3 Å². The highest BCUT2D eigenvalue weighted by atomic mass is 32.1. The Hall–Kier alpha value is -1.40. The van der Waals surface area contributed by atoms with Crippen molar-refractivity contribution in [2.75, 3.05) is 13.7 Å². The van der Waals surface area contributed by atoms with Crippen LogP contribution in [0.15, 0.2) is 11.4 Å². The minimum Gasteiger partial charge on any atom is -0.480 e. The summed E-state index contributed by atoms with van der Waals surface area (Å²) in [5.74, 6) is -1.46. The Morgan fingerprint density at radius 2 is 2.29 bits per heavy atom. The number of aryl methyl sites for hydroxylation is 1. The Kier molecular flexibility index (Phi) is 5.11. The third-order valence-corrected chi connectivity index (χ3v) is 3.23. The van der Waals surface area contributed by atoms with Crippen molar-refractivity contribution >= 4 is 23.2 Å². The summed E-state index contributed by atoms with van der Waals surface area (Å²) in [7, 11) is 1.39. The molecule has 1 aromatic rings. The zero-order valence-electron chi connectivity index (χ0n) is 9.73. The van der Waals surface area contributed by atoms with Gasteiger partial charge in [-0.05, 0) is 23.4 Å². The highest BCUT2D eigenvalue weighted by Crippen LogP contribution is 2.17. The second kappa shape index (κ2) is 6.36. The quantitative estimate of drug-likeness (QED) is 0.801. The van der Waals surface area contributed by atoms with Gasteiger partial charge in [0.1, 0.15) is 0 Å². The number of hydrogen-bond donors (Lipinski definition) is 2. The molecule has 1 aromatic heterocycles. The Balaban J connectivity index is 2.73. The number of aliphatic carboxylic acids is 1. The van der Waals surface area contributed by atoms with Crippen molar-refractivity contribution in [2.45, 2.75) is 19.4 Å².